The molecule has 9 nitrogen and oxygen atoms in total. The lowest BCUT2D eigenvalue weighted by molar-refractivity contribution is -0.0750. The molecule has 1 rings (SSSR count). The predicted octanol–water partition coefficient (Wildman–Crippen LogP) is -0.276. The van der Waals surface area contributed by atoms with Gasteiger partial charge in [-0.25, -0.2) is 0 Å². The first-order valence-electron chi connectivity index (χ1n) is 5.26. The summed E-state index contributed by atoms with van der Waals surface area (Å²) in [5, 5.41) is 15.9. The maximum Gasteiger partial charge on any atom is 0.229 e. The van der Waals surface area contributed by atoms with Gasteiger partial charge in [-0.15, -0.1) is 0 Å². The summed E-state index contributed by atoms with van der Waals surface area (Å²) in [6.07, 6.45) is 0. The Balaban J connectivity index is 2.81. The molecule has 0 atom stereocenters. The minimum absolute atomic E-state index is 0.186. The van der Waals surface area contributed by atoms with Crippen LogP contribution in [0.5, 0.6) is 0 Å². The smallest absolute Gasteiger partial charge is 0.229 e. The van der Waals surface area contributed by atoms with Gasteiger partial charge >= 0.3 is 0 Å². The van der Waals surface area contributed by atoms with Crippen LogP contribution in [0.1, 0.15) is 5.82 Å². The first kappa shape index (κ1) is 14.5. The molecule has 0 spiro atoms. The van der Waals surface area contributed by atoms with E-state index < -0.39 is 0 Å². The summed E-state index contributed by atoms with van der Waals surface area (Å²) in [4.78, 5) is 12.4. The number of methoxy groups -OCH3 is 2. The molecule has 0 saturated heterocycles. The second-order valence-corrected chi connectivity index (χ2v) is 3.43. The highest BCUT2D eigenvalue weighted by Gasteiger charge is 2.07. The van der Waals surface area contributed by atoms with Crippen molar-refractivity contribution < 1.29 is 14.7 Å². The number of aromatic nitrogens is 3. The van der Waals surface area contributed by atoms with Crippen LogP contribution in [0.2, 0.25) is 0 Å². The molecule has 0 amide bonds. The molecule has 1 aromatic heterocycles. The molecule has 3 N–H and O–H groups in total. The van der Waals surface area contributed by atoms with E-state index in [0.29, 0.717) is 17.7 Å². The van der Waals surface area contributed by atoms with E-state index in [9.17, 15) is 5.21 Å². The van der Waals surface area contributed by atoms with Crippen LogP contribution >= 0.6 is 0 Å². The molecule has 0 radical (unpaired) electrons. The summed E-state index contributed by atoms with van der Waals surface area (Å²) in [6.45, 7) is 0.746. The molecule has 0 bridgehead atoms. The van der Waals surface area contributed by atoms with Crippen LogP contribution in [-0.2, 0) is 16.0 Å². The number of hydroxylamine groups is 2. The number of nitrogens with zero attached hydrogens (tertiary/aromatic N) is 4. The van der Waals surface area contributed by atoms with Gasteiger partial charge in [0.2, 0.25) is 11.9 Å². The zero-order valence-corrected chi connectivity index (χ0v) is 10.7. The summed E-state index contributed by atoms with van der Waals surface area (Å²) in [5.74, 6) is 1.15. The molecule has 0 aliphatic heterocycles. The molecular formula is C9H18N6O3. The second kappa shape index (κ2) is 7.71. The largest absolute Gasteiger partial charge is 0.364 e. The predicted molar refractivity (Wildman–Crippen MR) is 64.1 cm³/mol. The Morgan fingerprint density at radius 3 is 1.94 bits per heavy atom. The van der Waals surface area contributed by atoms with Crippen LogP contribution in [-0.4, -0.2) is 60.0 Å². The zero-order chi connectivity index (χ0) is 13.4. The normalized spacial score (nSPS) is 10.7. The Morgan fingerprint density at radius 2 is 1.56 bits per heavy atom. The van der Waals surface area contributed by atoms with E-state index in [-0.39, 0.29) is 20.0 Å². The van der Waals surface area contributed by atoms with Crippen molar-refractivity contribution in [2.24, 2.45) is 0 Å². The van der Waals surface area contributed by atoms with Crippen molar-refractivity contribution in [3.63, 3.8) is 0 Å². The standard InChI is InChI=1S/C9H18N6O3/c1-15(16)4-7-12-8(10-5-17-2)14-9(13-7)11-6-18-3/h16H,4-6H2,1-3H3,(H2,10,11,12,13,14). The second-order valence-electron chi connectivity index (χ2n) is 3.43. The Labute approximate surface area is 105 Å². The van der Waals surface area contributed by atoms with Crippen LogP contribution in [0.15, 0.2) is 0 Å². The Kier molecular flexibility index (Phi) is 6.22. The number of ether oxygens (including phenoxy) is 2. The van der Waals surface area contributed by atoms with Gasteiger partial charge in [0.05, 0.1) is 6.54 Å². The highest BCUT2D eigenvalue weighted by molar-refractivity contribution is 5.33. The molecule has 0 aromatic carbocycles. The minimum atomic E-state index is 0.186. The minimum Gasteiger partial charge on any atom is -0.364 e. The number of hydrogen-bond acceptors (Lipinski definition) is 9. The summed E-state index contributed by atoms with van der Waals surface area (Å²) >= 11 is 0. The summed E-state index contributed by atoms with van der Waals surface area (Å²) in [6, 6.07) is 0. The molecule has 1 heterocycles. The van der Waals surface area contributed by atoms with Crippen molar-refractivity contribution in [2.45, 2.75) is 6.54 Å². The number of rotatable bonds is 8. The highest BCUT2D eigenvalue weighted by Crippen LogP contribution is 2.06. The third-order valence-electron chi connectivity index (χ3n) is 1.80. The van der Waals surface area contributed by atoms with Crippen molar-refractivity contribution in [1.82, 2.24) is 20.0 Å². The Hall–Kier alpha value is -1.55. The van der Waals surface area contributed by atoms with Gasteiger partial charge in [0.15, 0.2) is 5.82 Å². The van der Waals surface area contributed by atoms with Gasteiger partial charge in [0.1, 0.15) is 13.5 Å². The van der Waals surface area contributed by atoms with E-state index in [0.717, 1.165) is 5.06 Å². The van der Waals surface area contributed by atoms with Crippen LogP contribution in [0.3, 0.4) is 0 Å². The average Bonchev–Trinajstić information content (AvgIpc) is 2.33. The van der Waals surface area contributed by atoms with E-state index in [2.05, 4.69) is 25.6 Å². The number of hydrogen-bond donors (Lipinski definition) is 3. The molecule has 18 heavy (non-hydrogen) atoms. The average molecular weight is 258 g/mol. The van der Waals surface area contributed by atoms with Crippen LogP contribution in [0.25, 0.3) is 0 Å². The molecular weight excluding hydrogens is 240 g/mol. The highest BCUT2D eigenvalue weighted by atomic mass is 16.5. The maximum absolute atomic E-state index is 9.18. The van der Waals surface area contributed by atoms with Crippen LogP contribution < -0.4 is 10.6 Å². The van der Waals surface area contributed by atoms with Crippen molar-refractivity contribution in [3.8, 4) is 0 Å². The monoisotopic (exact) mass is 258 g/mol. The van der Waals surface area contributed by atoms with Gasteiger partial charge in [-0.3, -0.25) is 0 Å². The Bertz CT molecular complexity index is 336. The quantitative estimate of drug-likeness (QED) is 0.429. The summed E-state index contributed by atoms with van der Waals surface area (Å²) in [5.41, 5.74) is 0. The first-order valence-corrected chi connectivity index (χ1v) is 5.26. The van der Waals surface area contributed by atoms with Gasteiger partial charge in [-0.2, -0.15) is 20.0 Å². The molecule has 1 aromatic rings. The van der Waals surface area contributed by atoms with Crippen LogP contribution in [0.4, 0.5) is 11.9 Å². The van der Waals surface area contributed by atoms with Gasteiger partial charge < -0.3 is 25.3 Å². The molecule has 0 aliphatic carbocycles. The van der Waals surface area contributed by atoms with Gasteiger partial charge in [0.25, 0.3) is 0 Å². The van der Waals surface area contributed by atoms with Gasteiger partial charge in [0, 0.05) is 21.3 Å². The van der Waals surface area contributed by atoms with E-state index in [1.807, 2.05) is 0 Å². The van der Waals surface area contributed by atoms with E-state index >= 15 is 0 Å². The lowest BCUT2D eigenvalue weighted by atomic mass is 10.6. The molecule has 0 aliphatic rings. The van der Waals surface area contributed by atoms with Crippen molar-refractivity contribution in [1.29, 1.82) is 0 Å². The molecule has 102 valence electrons. The zero-order valence-electron chi connectivity index (χ0n) is 10.7. The topological polar surface area (TPSA) is 105 Å². The molecule has 9 heteroatoms. The fourth-order valence-electron chi connectivity index (χ4n) is 1.13. The van der Waals surface area contributed by atoms with Gasteiger partial charge in [-0.05, 0) is 0 Å². The van der Waals surface area contributed by atoms with Crippen molar-refractivity contribution in [3.05, 3.63) is 5.82 Å². The SMILES string of the molecule is COCNc1nc(CN(C)O)nc(NCOC)n1. The summed E-state index contributed by atoms with van der Waals surface area (Å²) < 4.78 is 9.74. The lowest BCUT2D eigenvalue weighted by Gasteiger charge is -2.11. The first-order chi connectivity index (χ1) is 8.65. The van der Waals surface area contributed by atoms with Crippen LogP contribution in [0, 0.1) is 0 Å². The lowest BCUT2D eigenvalue weighted by Crippen LogP contribution is -2.18. The van der Waals surface area contributed by atoms with E-state index in [4.69, 9.17) is 9.47 Å². The maximum atomic E-state index is 9.18. The molecule has 0 saturated carbocycles. The molecule has 0 fully saturated rings. The van der Waals surface area contributed by atoms with Crippen molar-refractivity contribution in [2.75, 3.05) is 45.4 Å². The Morgan fingerprint density at radius 1 is 1.06 bits per heavy atom. The van der Waals surface area contributed by atoms with E-state index in [1.54, 1.807) is 14.2 Å². The van der Waals surface area contributed by atoms with Crippen molar-refractivity contribution >= 4 is 11.9 Å². The fourth-order valence-corrected chi connectivity index (χ4v) is 1.13. The third kappa shape index (κ3) is 5.19. The fraction of sp³-hybridized carbons (Fsp3) is 0.667. The van der Waals surface area contributed by atoms with E-state index in [1.165, 1.54) is 7.05 Å². The molecule has 0 unspecified atom stereocenters. The third-order valence-corrected chi connectivity index (χ3v) is 1.80. The summed E-state index contributed by atoms with van der Waals surface area (Å²) in [7, 11) is 4.62. The van der Waals surface area contributed by atoms with Gasteiger partial charge in [-0.1, -0.05) is 0 Å². The number of anilines is 2. The number of nitrogens with one attached hydrogen (secondary N) is 2.